The highest BCUT2D eigenvalue weighted by molar-refractivity contribution is 5.90. The number of carboxylic acids is 1. The molecular formula is C16H26N2O7. The number of hydrogen-bond acceptors (Lipinski definition) is 6. The Morgan fingerprint density at radius 1 is 1.36 bits per heavy atom. The smallest absolute Gasteiger partial charge is 0.407 e. The van der Waals surface area contributed by atoms with Crippen molar-refractivity contribution in [3.63, 3.8) is 0 Å². The minimum atomic E-state index is -1.14. The Hall–Kier alpha value is -2.32. The number of rotatable bonds is 7. The number of alkyl carbamates (subject to hydrolysis) is 1. The quantitative estimate of drug-likeness (QED) is 0.509. The molecule has 0 aromatic rings. The average molecular weight is 358 g/mol. The summed E-state index contributed by atoms with van der Waals surface area (Å²) in [6.45, 7) is 5.47. The van der Waals surface area contributed by atoms with Gasteiger partial charge in [0.2, 0.25) is 5.91 Å². The second kappa shape index (κ2) is 8.68. The molecule has 9 heteroatoms. The van der Waals surface area contributed by atoms with Gasteiger partial charge in [-0.25, -0.2) is 9.59 Å². The summed E-state index contributed by atoms with van der Waals surface area (Å²) in [5.74, 6) is -2.69. The van der Waals surface area contributed by atoms with E-state index in [0.717, 1.165) is 0 Å². The van der Waals surface area contributed by atoms with E-state index in [1.54, 1.807) is 20.8 Å². The van der Waals surface area contributed by atoms with Crippen LogP contribution in [0.3, 0.4) is 0 Å². The first-order valence-corrected chi connectivity index (χ1v) is 8.12. The van der Waals surface area contributed by atoms with Gasteiger partial charge in [-0.2, -0.15) is 0 Å². The molecule has 1 aliphatic rings. The Labute approximate surface area is 146 Å². The summed E-state index contributed by atoms with van der Waals surface area (Å²) in [5, 5.41) is 11.9. The number of nitrogens with one attached hydrogen (secondary N) is 1. The summed E-state index contributed by atoms with van der Waals surface area (Å²) < 4.78 is 9.69. The number of amides is 2. The molecule has 0 saturated carbocycles. The van der Waals surface area contributed by atoms with E-state index in [-0.39, 0.29) is 31.8 Å². The lowest BCUT2D eigenvalue weighted by Gasteiger charge is -2.24. The first kappa shape index (κ1) is 20.7. The van der Waals surface area contributed by atoms with Crippen molar-refractivity contribution >= 4 is 23.9 Å². The highest BCUT2D eigenvalue weighted by atomic mass is 16.6. The monoisotopic (exact) mass is 358 g/mol. The Kier molecular flexibility index (Phi) is 7.20. The Bertz CT molecular complexity index is 527. The zero-order valence-corrected chi connectivity index (χ0v) is 15.0. The van der Waals surface area contributed by atoms with Crippen molar-refractivity contribution in [1.29, 1.82) is 0 Å². The third-order valence-electron chi connectivity index (χ3n) is 3.68. The fraction of sp³-hybridized carbons (Fsp3) is 0.750. The van der Waals surface area contributed by atoms with Crippen molar-refractivity contribution in [2.75, 3.05) is 20.2 Å². The first-order valence-electron chi connectivity index (χ1n) is 8.12. The van der Waals surface area contributed by atoms with Gasteiger partial charge in [0.1, 0.15) is 11.6 Å². The first-order chi connectivity index (χ1) is 11.5. The lowest BCUT2D eigenvalue weighted by atomic mass is 10.1. The van der Waals surface area contributed by atoms with Crippen molar-refractivity contribution in [3.8, 4) is 0 Å². The topological polar surface area (TPSA) is 122 Å². The van der Waals surface area contributed by atoms with E-state index in [0.29, 0.717) is 6.42 Å². The zero-order valence-electron chi connectivity index (χ0n) is 15.0. The Morgan fingerprint density at radius 2 is 2.00 bits per heavy atom. The van der Waals surface area contributed by atoms with Gasteiger partial charge in [0.05, 0.1) is 13.0 Å². The minimum Gasteiger partial charge on any atom is -0.480 e. The van der Waals surface area contributed by atoms with E-state index in [9.17, 15) is 24.3 Å². The van der Waals surface area contributed by atoms with Gasteiger partial charge in [-0.15, -0.1) is 0 Å². The van der Waals surface area contributed by atoms with Crippen LogP contribution in [0.15, 0.2) is 0 Å². The van der Waals surface area contributed by atoms with Crippen LogP contribution in [0, 0.1) is 5.92 Å². The highest BCUT2D eigenvalue weighted by Gasteiger charge is 2.40. The van der Waals surface area contributed by atoms with Crippen LogP contribution in [0.1, 0.15) is 40.0 Å². The fourth-order valence-electron chi connectivity index (χ4n) is 2.57. The molecule has 25 heavy (non-hydrogen) atoms. The van der Waals surface area contributed by atoms with Gasteiger partial charge >= 0.3 is 18.0 Å². The van der Waals surface area contributed by atoms with Gasteiger partial charge in [-0.3, -0.25) is 9.59 Å². The van der Waals surface area contributed by atoms with Crippen LogP contribution < -0.4 is 5.32 Å². The molecule has 9 nitrogen and oxygen atoms in total. The second-order valence-corrected chi connectivity index (χ2v) is 6.90. The molecule has 0 aromatic heterocycles. The minimum absolute atomic E-state index is 0.0297. The molecule has 1 rings (SSSR count). The fourth-order valence-corrected chi connectivity index (χ4v) is 2.57. The van der Waals surface area contributed by atoms with E-state index in [2.05, 4.69) is 10.1 Å². The van der Waals surface area contributed by atoms with Gasteiger partial charge in [0.25, 0.3) is 0 Å². The molecule has 142 valence electrons. The van der Waals surface area contributed by atoms with Gasteiger partial charge in [0.15, 0.2) is 0 Å². The highest BCUT2D eigenvalue weighted by Crippen LogP contribution is 2.23. The summed E-state index contributed by atoms with van der Waals surface area (Å²) in [6, 6.07) is -1.04. The standard InChI is InChI=1S/C16H26N2O7/c1-16(2,3)25-15(23)17-7-5-6-11(13(20)21)18-9-10(8-12(18)19)14(22)24-4/h10-11H,5-9H2,1-4H3,(H,17,23)(H,20,21)/t10?,11-/m0/s1. The summed E-state index contributed by atoms with van der Waals surface area (Å²) in [5.41, 5.74) is -0.613. The molecule has 1 heterocycles. The molecule has 1 unspecified atom stereocenters. The second-order valence-electron chi connectivity index (χ2n) is 6.90. The summed E-state index contributed by atoms with van der Waals surface area (Å²) in [7, 11) is 1.23. The van der Waals surface area contributed by atoms with Crippen molar-refractivity contribution in [3.05, 3.63) is 0 Å². The average Bonchev–Trinajstić information content (AvgIpc) is 2.86. The van der Waals surface area contributed by atoms with Crippen molar-refractivity contribution in [1.82, 2.24) is 10.2 Å². The molecule has 2 N–H and O–H groups in total. The van der Waals surface area contributed by atoms with Crippen LogP contribution >= 0.6 is 0 Å². The molecule has 0 radical (unpaired) electrons. The molecular weight excluding hydrogens is 332 g/mol. The maximum Gasteiger partial charge on any atom is 0.407 e. The molecule has 1 fully saturated rings. The zero-order chi connectivity index (χ0) is 19.2. The largest absolute Gasteiger partial charge is 0.480 e. The third kappa shape index (κ3) is 6.60. The number of nitrogens with zero attached hydrogens (tertiary/aromatic N) is 1. The normalized spacial score (nSPS) is 18.6. The van der Waals surface area contributed by atoms with Gasteiger partial charge < -0.3 is 24.8 Å². The lowest BCUT2D eigenvalue weighted by Crippen LogP contribution is -2.43. The van der Waals surface area contributed by atoms with Crippen molar-refractivity contribution < 1.29 is 33.8 Å². The third-order valence-corrected chi connectivity index (χ3v) is 3.68. The van der Waals surface area contributed by atoms with Crippen LogP contribution in [-0.2, 0) is 23.9 Å². The Morgan fingerprint density at radius 3 is 2.52 bits per heavy atom. The number of methoxy groups -OCH3 is 1. The number of hydrogen-bond donors (Lipinski definition) is 2. The van der Waals surface area contributed by atoms with Crippen molar-refractivity contribution in [2.24, 2.45) is 5.92 Å². The molecule has 2 amide bonds. The summed E-state index contributed by atoms with van der Waals surface area (Å²) in [6.07, 6.45) is -0.123. The van der Waals surface area contributed by atoms with Gasteiger partial charge in [-0.1, -0.05) is 0 Å². The lowest BCUT2D eigenvalue weighted by molar-refractivity contribution is -0.149. The summed E-state index contributed by atoms with van der Waals surface area (Å²) in [4.78, 5) is 47.7. The summed E-state index contributed by atoms with van der Waals surface area (Å²) >= 11 is 0. The van der Waals surface area contributed by atoms with Crippen molar-refractivity contribution in [2.45, 2.75) is 51.7 Å². The van der Waals surface area contributed by atoms with E-state index in [1.807, 2.05) is 0 Å². The molecule has 1 aliphatic heterocycles. The number of carboxylic acid groups (broad SMARTS) is 1. The van der Waals surface area contributed by atoms with E-state index in [1.165, 1.54) is 12.0 Å². The number of carbonyl (C=O) groups is 4. The van der Waals surface area contributed by atoms with Gasteiger partial charge in [-0.05, 0) is 33.6 Å². The number of esters is 1. The molecule has 1 saturated heterocycles. The molecule has 0 aliphatic carbocycles. The number of carbonyl (C=O) groups excluding carboxylic acids is 3. The molecule has 2 atom stereocenters. The maximum atomic E-state index is 12.0. The van der Waals surface area contributed by atoms with E-state index < -0.39 is 35.6 Å². The van der Waals surface area contributed by atoms with Crippen LogP contribution in [0.5, 0.6) is 0 Å². The predicted molar refractivity (Wildman–Crippen MR) is 86.7 cm³/mol. The number of likely N-dealkylation sites (tertiary alicyclic amines) is 1. The Balaban J connectivity index is 2.50. The maximum absolute atomic E-state index is 12.0. The number of ether oxygens (including phenoxy) is 2. The number of aliphatic carboxylic acids is 1. The molecule has 0 aromatic carbocycles. The van der Waals surface area contributed by atoms with Crippen LogP contribution in [0.2, 0.25) is 0 Å². The predicted octanol–water partition coefficient (Wildman–Crippen LogP) is 0.766. The SMILES string of the molecule is COC(=O)C1CC(=O)N([C@@H](CCCNC(=O)OC(C)(C)C)C(=O)O)C1. The van der Waals surface area contributed by atoms with Crippen LogP contribution in [0.4, 0.5) is 4.79 Å². The van der Waals surface area contributed by atoms with Crippen LogP contribution in [-0.4, -0.2) is 65.8 Å². The molecule has 0 bridgehead atoms. The molecule has 0 spiro atoms. The van der Waals surface area contributed by atoms with E-state index >= 15 is 0 Å². The van der Waals surface area contributed by atoms with E-state index in [4.69, 9.17) is 4.74 Å². The van der Waals surface area contributed by atoms with Gasteiger partial charge in [0, 0.05) is 19.5 Å². The van der Waals surface area contributed by atoms with Crippen LogP contribution in [0.25, 0.3) is 0 Å².